The number of carboxylic acid groups (broad SMARTS) is 1. The molecule has 2 aromatic rings. The van der Waals surface area contributed by atoms with Gasteiger partial charge in [0.2, 0.25) is 0 Å². The summed E-state index contributed by atoms with van der Waals surface area (Å²) in [5.41, 5.74) is 1.02. The fourth-order valence-corrected chi connectivity index (χ4v) is 2.11. The van der Waals surface area contributed by atoms with Crippen molar-refractivity contribution in [2.24, 2.45) is 0 Å². The third kappa shape index (κ3) is 1.76. The highest BCUT2D eigenvalue weighted by Crippen LogP contribution is 2.25. The van der Waals surface area contributed by atoms with Crippen LogP contribution < -0.4 is 0 Å². The van der Waals surface area contributed by atoms with Crippen LogP contribution in [0.5, 0.6) is 0 Å². The summed E-state index contributed by atoms with van der Waals surface area (Å²) >= 11 is 0. The number of imide groups is 1. The number of aromatic nitrogens is 2. The highest BCUT2D eigenvalue weighted by Gasteiger charge is 2.36. The molecular formula is C13H9N3O4. The van der Waals surface area contributed by atoms with Crippen LogP contribution in [0.15, 0.2) is 30.6 Å². The summed E-state index contributed by atoms with van der Waals surface area (Å²) in [5, 5.41) is 15.3. The molecule has 7 nitrogen and oxygen atoms in total. The van der Waals surface area contributed by atoms with Crippen LogP contribution in [0.2, 0.25) is 0 Å². The van der Waals surface area contributed by atoms with E-state index in [1.165, 1.54) is 24.4 Å². The predicted molar refractivity (Wildman–Crippen MR) is 66.2 cm³/mol. The third-order valence-electron chi connectivity index (χ3n) is 3.11. The zero-order valence-electron chi connectivity index (χ0n) is 10.2. The first-order valence-corrected chi connectivity index (χ1v) is 5.79. The van der Waals surface area contributed by atoms with E-state index < -0.39 is 17.8 Å². The van der Waals surface area contributed by atoms with E-state index in [2.05, 4.69) is 10.2 Å². The molecule has 3 rings (SSSR count). The maximum absolute atomic E-state index is 12.2. The molecule has 0 atom stereocenters. The molecule has 0 fully saturated rings. The third-order valence-corrected chi connectivity index (χ3v) is 3.11. The van der Waals surface area contributed by atoms with Gasteiger partial charge in [0.05, 0.1) is 29.4 Å². The first kappa shape index (κ1) is 12.1. The van der Waals surface area contributed by atoms with Crippen molar-refractivity contribution >= 4 is 17.8 Å². The second-order valence-corrected chi connectivity index (χ2v) is 4.37. The fourth-order valence-electron chi connectivity index (χ4n) is 2.11. The van der Waals surface area contributed by atoms with E-state index in [-0.39, 0.29) is 23.2 Å². The van der Waals surface area contributed by atoms with Crippen LogP contribution in [0, 0.1) is 0 Å². The number of hydrogen-bond donors (Lipinski definition) is 2. The quantitative estimate of drug-likeness (QED) is 0.807. The van der Waals surface area contributed by atoms with Crippen molar-refractivity contribution in [1.29, 1.82) is 0 Å². The molecule has 7 heteroatoms. The van der Waals surface area contributed by atoms with E-state index in [0.717, 1.165) is 4.90 Å². The number of rotatable bonds is 3. The summed E-state index contributed by atoms with van der Waals surface area (Å²) in [6, 6.07) is 3.91. The lowest BCUT2D eigenvalue weighted by Gasteiger charge is -2.11. The Morgan fingerprint density at radius 2 is 2.00 bits per heavy atom. The molecule has 0 radical (unpaired) electrons. The molecule has 1 aromatic carbocycles. The molecule has 0 saturated heterocycles. The lowest BCUT2D eigenvalue weighted by Crippen LogP contribution is -2.28. The van der Waals surface area contributed by atoms with Crippen molar-refractivity contribution in [3.05, 3.63) is 52.8 Å². The number of hydrogen-bond acceptors (Lipinski definition) is 4. The van der Waals surface area contributed by atoms with Crippen LogP contribution in [0.4, 0.5) is 0 Å². The minimum Gasteiger partial charge on any atom is -0.478 e. The monoisotopic (exact) mass is 271 g/mol. The number of carbonyl (C=O) groups is 3. The van der Waals surface area contributed by atoms with Gasteiger partial charge in [0.15, 0.2) is 0 Å². The predicted octanol–water partition coefficient (Wildman–Crippen LogP) is 0.904. The topological polar surface area (TPSA) is 103 Å². The van der Waals surface area contributed by atoms with E-state index in [1.807, 2.05) is 0 Å². The minimum absolute atomic E-state index is 0.0185. The molecule has 0 unspecified atom stereocenters. The second-order valence-electron chi connectivity index (χ2n) is 4.37. The maximum atomic E-state index is 12.2. The lowest BCUT2D eigenvalue weighted by atomic mass is 10.1. The van der Waals surface area contributed by atoms with E-state index in [1.54, 1.807) is 6.20 Å². The largest absolute Gasteiger partial charge is 0.478 e. The molecule has 2 heterocycles. The Balaban J connectivity index is 1.97. The molecular weight excluding hydrogens is 262 g/mol. The van der Waals surface area contributed by atoms with Crippen molar-refractivity contribution in [1.82, 2.24) is 15.1 Å². The Hall–Kier alpha value is -2.96. The average Bonchev–Trinajstić information content (AvgIpc) is 3.02. The van der Waals surface area contributed by atoms with Crippen molar-refractivity contribution in [2.75, 3.05) is 0 Å². The van der Waals surface area contributed by atoms with Gasteiger partial charge in [-0.1, -0.05) is 0 Å². The molecule has 2 amide bonds. The first-order chi connectivity index (χ1) is 9.58. The van der Waals surface area contributed by atoms with E-state index in [0.29, 0.717) is 5.56 Å². The van der Waals surface area contributed by atoms with Gasteiger partial charge in [-0.25, -0.2) is 4.79 Å². The summed E-state index contributed by atoms with van der Waals surface area (Å²) in [6.45, 7) is 0.102. The number of aromatic carboxylic acids is 1. The molecule has 0 aliphatic carbocycles. The maximum Gasteiger partial charge on any atom is 0.335 e. The Kier molecular flexibility index (Phi) is 2.60. The number of carbonyl (C=O) groups excluding carboxylic acids is 2. The normalized spacial score (nSPS) is 13.7. The van der Waals surface area contributed by atoms with Gasteiger partial charge < -0.3 is 5.11 Å². The molecule has 20 heavy (non-hydrogen) atoms. The van der Waals surface area contributed by atoms with Gasteiger partial charge in [-0.2, -0.15) is 5.10 Å². The Morgan fingerprint density at radius 3 is 2.65 bits per heavy atom. The molecule has 0 saturated carbocycles. The highest BCUT2D eigenvalue weighted by molar-refractivity contribution is 6.21. The molecule has 1 aliphatic heterocycles. The van der Waals surface area contributed by atoms with Crippen molar-refractivity contribution < 1.29 is 19.5 Å². The van der Waals surface area contributed by atoms with Crippen molar-refractivity contribution in [3.63, 3.8) is 0 Å². The van der Waals surface area contributed by atoms with Gasteiger partial charge in [-0.3, -0.25) is 19.6 Å². The zero-order valence-corrected chi connectivity index (χ0v) is 10.2. The number of benzene rings is 1. The van der Waals surface area contributed by atoms with Crippen LogP contribution in [-0.4, -0.2) is 38.0 Å². The summed E-state index contributed by atoms with van der Waals surface area (Å²) < 4.78 is 0. The number of H-pyrrole nitrogens is 1. The van der Waals surface area contributed by atoms with Crippen LogP contribution >= 0.6 is 0 Å². The highest BCUT2D eigenvalue weighted by atomic mass is 16.4. The number of aromatic amines is 1. The molecule has 2 N–H and O–H groups in total. The standard InChI is InChI=1S/C13H9N3O4/c17-11-9-2-1-8(13(19)20)3-10(9)12(18)16(11)6-7-4-14-15-5-7/h1-5H,6H2,(H,14,15)(H,19,20). The molecule has 1 aromatic heterocycles. The Labute approximate surface area is 112 Å². The number of carboxylic acids is 1. The molecule has 1 aliphatic rings. The van der Waals surface area contributed by atoms with E-state index >= 15 is 0 Å². The van der Waals surface area contributed by atoms with Crippen LogP contribution in [-0.2, 0) is 6.54 Å². The smallest absolute Gasteiger partial charge is 0.335 e. The van der Waals surface area contributed by atoms with Gasteiger partial charge in [0, 0.05) is 11.8 Å². The Morgan fingerprint density at radius 1 is 1.25 bits per heavy atom. The van der Waals surface area contributed by atoms with Crippen molar-refractivity contribution in [2.45, 2.75) is 6.54 Å². The van der Waals surface area contributed by atoms with Crippen LogP contribution in [0.3, 0.4) is 0 Å². The summed E-state index contributed by atoms with van der Waals surface area (Å²) in [6.07, 6.45) is 3.11. The van der Waals surface area contributed by atoms with Gasteiger partial charge in [0.25, 0.3) is 11.8 Å². The first-order valence-electron chi connectivity index (χ1n) is 5.79. The SMILES string of the molecule is O=C(O)c1ccc2c(c1)C(=O)N(Cc1cn[nH]c1)C2=O. The number of nitrogens with one attached hydrogen (secondary N) is 1. The van der Waals surface area contributed by atoms with Gasteiger partial charge >= 0.3 is 5.97 Å². The molecule has 100 valence electrons. The lowest BCUT2D eigenvalue weighted by molar-refractivity contribution is 0.0641. The zero-order chi connectivity index (χ0) is 14.3. The minimum atomic E-state index is -1.14. The molecule has 0 bridgehead atoms. The van der Waals surface area contributed by atoms with Gasteiger partial charge in [-0.15, -0.1) is 0 Å². The van der Waals surface area contributed by atoms with Crippen LogP contribution in [0.25, 0.3) is 0 Å². The number of fused-ring (bicyclic) bond motifs is 1. The number of amides is 2. The summed E-state index contributed by atoms with van der Waals surface area (Å²) in [5.74, 6) is -2.06. The van der Waals surface area contributed by atoms with Crippen LogP contribution in [0.1, 0.15) is 36.6 Å². The fraction of sp³-hybridized carbons (Fsp3) is 0.0769. The van der Waals surface area contributed by atoms with Gasteiger partial charge in [0.1, 0.15) is 0 Å². The van der Waals surface area contributed by atoms with E-state index in [9.17, 15) is 14.4 Å². The molecule has 0 spiro atoms. The van der Waals surface area contributed by atoms with Gasteiger partial charge in [-0.05, 0) is 18.2 Å². The number of nitrogens with zero attached hydrogens (tertiary/aromatic N) is 2. The summed E-state index contributed by atoms with van der Waals surface area (Å²) in [7, 11) is 0. The second kappa shape index (κ2) is 4.30. The average molecular weight is 271 g/mol. The Bertz CT molecular complexity index is 721. The summed E-state index contributed by atoms with van der Waals surface area (Å²) in [4.78, 5) is 36.3. The van der Waals surface area contributed by atoms with Crippen molar-refractivity contribution in [3.8, 4) is 0 Å². The van der Waals surface area contributed by atoms with E-state index in [4.69, 9.17) is 5.11 Å².